The Hall–Kier alpha value is -1.95. The molecule has 0 spiro atoms. The molecule has 1 amide bonds. The zero-order valence-electron chi connectivity index (χ0n) is 12.6. The van der Waals surface area contributed by atoms with E-state index in [1.807, 2.05) is 11.8 Å². The van der Waals surface area contributed by atoms with E-state index in [1.54, 1.807) is 20.2 Å². The highest BCUT2D eigenvalue weighted by molar-refractivity contribution is 5.87. The zero-order valence-corrected chi connectivity index (χ0v) is 12.6. The number of aromatic carboxylic acids is 1. The summed E-state index contributed by atoms with van der Waals surface area (Å²) in [7, 11) is 3.38. The fraction of sp³-hybridized carbons (Fsp3) is 0.467. The van der Waals surface area contributed by atoms with Crippen LogP contribution >= 0.6 is 0 Å². The molecule has 0 aliphatic rings. The highest BCUT2D eigenvalue weighted by Gasteiger charge is 2.14. The lowest BCUT2D eigenvalue weighted by Crippen LogP contribution is -2.36. The standard InChI is InChI=1S/C15H21FN2O3/c1-4-7-18(10-14(19)17(2)3)9-11-5-6-12(15(20)21)13(16)8-11/h5-6,8H,4,7,9-10H2,1-3H3,(H,20,21). The number of nitrogens with zero attached hydrogens (tertiary/aromatic N) is 2. The number of rotatable bonds is 7. The van der Waals surface area contributed by atoms with Crippen LogP contribution < -0.4 is 0 Å². The largest absolute Gasteiger partial charge is 0.478 e. The minimum absolute atomic E-state index is 0.0221. The number of hydrogen-bond acceptors (Lipinski definition) is 3. The van der Waals surface area contributed by atoms with Crippen LogP contribution in [0.15, 0.2) is 18.2 Å². The monoisotopic (exact) mass is 296 g/mol. The summed E-state index contributed by atoms with van der Waals surface area (Å²) in [5.41, 5.74) is 0.308. The molecule has 0 fully saturated rings. The van der Waals surface area contributed by atoms with Crippen LogP contribution in [-0.4, -0.2) is 54.0 Å². The number of hydrogen-bond donors (Lipinski definition) is 1. The smallest absolute Gasteiger partial charge is 0.338 e. The van der Waals surface area contributed by atoms with Gasteiger partial charge < -0.3 is 10.0 Å². The first kappa shape index (κ1) is 17.1. The second-order valence-corrected chi connectivity index (χ2v) is 5.12. The molecule has 1 aromatic carbocycles. The molecule has 1 N–H and O–H groups in total. The topological polar surface area (TPSA) is 60.9 Å². The Morgan fingerprint density at radius 3 is 2.43 bits per heavy atom. The van der Waals surface area contributed by atoms with Crippen LogP contribution in [0, 0.1) is 5.82 Å². The molecule has 0 aliphatic heterocycles. The summed E-state index contributed by atoms with van der Waals surface area (Å²) in [5, 5.41) is 8.80. The molecule has 0 bridgehead atoms. The van der Waals surface area contributed by atoms with Gasteiger partial charge in [0.15, 0.2) is 0 Å². The first-order valence-electron chi connectivity index (χ1n) is 6.79. The Morgan fingerprint density at radius 2 is 1.95 bits per heavy atom. The van der Waals surface area contributed by atoms with E-state index in [9.17, 15) is 14.0 Å². The molecule has 0 saturated heterocycles. The number of carboxylic acid groups (broad SMARTS) is 1. The lowest BCUT2D eigenvalue weighted by Gasteiger charge is -2.23. The molecule has 1 rings (SSSR count). The first-order chi connectivity index (χ1) is 9.85. The van der Waals surface area contributed by atoms with E-state index in [1.165, 1.54) is 17.0 Å². The summed E-state index contributed by atoms with van der Waals surface area (Å²) in [6, 6.07) is 4.05. The van der Waals surface area contributed by atoms with Crippen LogP contribution in [0.1, 0.15) is 29.3 Å². The maximum Gasteiger partial charge on any atom is 0.338 e. The molecule has 0 atom stereocenters. The number of likely N-dealkylation sites (N-methyl/N-ethyl adjacent to an activating group) is 1. The van der Waals surface area contributed by atoms with Crippen molar-refractivity contribution in [3.8, 4) is 0 Å². The van der Waals surface area contributed by atoms with Crippen LogP contribution in [0.5, 0.6) is 0 Å². The van der Waals surface area contributed by atoms with Gasteiger partial charge in [-0.1, -0.05) is 13.0 Å². The Kier molecular flexibility index (Phi) is 6.30. The number of amides is 1. The van der Waals surface area contributed by atoms with E-state index >= 15 is 0 Å². The fourth-order valence-electron chi connectivity index (χ4n) is 1.95. The van der Waals surface area contributed by atoms with Crippen molar-refractivity contribution in [3.05, 3.63) is 35.1 Å². The summed E-state index contributed by atoms with van der Waals surface area (Å²) >= 11 is 0. The normalized spacial score (nSPS) is 10.7. The van der Waals surface area contributed by atoms with Gasteiger partial charge in [0.1, 0.15) is 5.82 Å². The number of benzene rings is 1. The molecule has 0 aromatic heterocycles. The highest BCUT2D eigenvalue weighted by atomic mass is 19.1. The first-order valence-corrected chi connectivity index (χ1v) is 6.79. The van der Waals surface area contributed by atoms with Gasteiger partial charge in [0.2, 0.25) is 5.91 Å². The van der Waals surface area contributed by atoms with E-state index in [4.69, 9.17) is 5.11 Å². The van der Waals surface area contributed by atoms with Gasteiger partial charge in [0.25, 0.3) is 0 Å². The zero-order chi connectivity index (χ0) is 16.0. The number of carbonyl (C=O) groups excluding carboxylic acids is 1. The van der Waals surface area contributed by atoms with Crippen molar-refractivity contribution >= 4 is 11.9 Å². The van der Waals surface area contributed by atoms with E-state index in [0.717, 1.165) is 6.42 Å². The van der Waals surface area contributed by atoms with Crippen molar-refractivity contribution in [2.24, 2.45) is 0 Å². The van der Waals surface area contributed by atoms with Crippen LogP contribution in [-0.2, 0) is 11.3 Å². The second-order valence-electron chi connectivity index (χ2n) is 5.12. The molecule has 5 nitrogen and oxygen atoms in total. The Balaban J connectivity index is 2.81. The SMILES string of the molecule is CCCN(CC(=O)N(C)C)Cc1ccc(C(=O)O)c(F)c1. The Bertz CT molecular complexity index is 518. The van der Waals surface area contributed by atoms with Crippen LogP contribution in [0.2, 0.25) is 0 Å². The highest BCUT2D eigenvalue weighted by Crippen LogP contribution is 2.13. The Morgan fingerprint density at radius 1 is 1.29 bits per heavy atom. The average Bonchev–Trinajstić information content (AvgIpc) is 2.38. The van der Waals surface area contributed by atoms with Crippen molar-refractivity contribution < 1.29 is 19.1 Å². The summed E-state index contributed by atoms with van der Waals surface area (Å²) in [6.07, 6.45) is 0.871. The number of carboxylic acids is 1. The maximum atomic E-state index is 13.7. The van der Waals surface area contributed by atoms with Crippen molar-refractivity contribution in [2.75, 3.05) is 27.2 Å². The second kappa shape index (κ2) is 7.73. The molecule has 0 radical (unpaired) electrons. The molecular formula is C15H21FN2O3. The molecule has 0 heterocycles. The van der Waals surface area contributed by atoms with Gasteiger partial charge in [-0.2, -0.15) is 0 Å². The quantitative estimate of drug-likeness (QED) is 0.834. The maximum absolute atomic E-state index is 13.7. The van der Waals surface area contributed by atoms with Gasteiger partial charge in [0.05, 0.1) is 12.1 Å². The van der Waals surface area contributed by atoms with E-state index in [0.29, 0.717) is 18.7 Å². The van der Waals surface area contributed by atoms with Crippen LogP contribution in [0.3, 0.4) is 0 Å². The molecule has 6 heteroatoms. The summed E-state index contributed by atoms with van der Waals surface area (Å²) in [5.74, 6) is -2.06. The van der Waals surface area contributed by atoms with E-state index in [2.05, 4.69) is 0 Å². The minimum atomic E-state index is -1.28. The Labute approximate surface area is 124 Å². The van der Waals surface area contributed by atoms with Gasteiger partial charge in [0, 0.05) is 20.6 Å². The van der Waals surface area contributed by atoms with Gasteiger partial charge >= 0.3 is 5.97 Å². The molecule has 0 unspecified atom stereocenters. The minimum Gasteiger partial charge on any atom is -0.478 e. The number of halogens is 1. The number of carbonyl (C=O) groups is 2. The molecule has 0 saturated carbocycles. The molecule has 116 valence electrons. The van der Waals surface area contributed by atoms with E-state index in [-0.39, 0.29) is 18.0 Å². The van der Waals surface area contributed by atoms with Crippen LogP contribution in [0.25, 0.3) is 0 Å². The third kappa shape index (κ3) is 5.15. The van der Waals surface area contributed by atoms with Crippen molar-refractivity contribution in [1.82, 2.24) is 9.80 Å². The molecule has 21 heavy (non-hydrogen) atoms. The van der Waals surface area contributed by atoms with Gasteiger partial charge in [-0.25, -0.2) is 9.18 Å². The van der Waals surface area contributed by atoms with Crippen molar-refractivity contribution in [2.45, 2.75) is 19.9 Å². The molecule has 1 aromatic rings. The lowest BCUT2D eigenvalue weighted by molar-refractivity contribution is -0.130. The van der Waals surface area contributed by atoms with E-state index < -0.39 is 11.8 Å². The predicted octanol–water partition coefficient (Wildman–Crippen LogP) is 1.82. The average molecular weight is 296 g/mol. The summed E-state index contributed by atoms with van der Waals surface area (Å²) in [6.45, 7) is 3.37. The lowest BCUT2D eigenvalue weighted by atomic mass is 10.1. The van der Waals surface area contributed by atoms with Gasteiger partial charge in [-0.3, -0.25) is 9.69 Å². The van der Waals surface area contributed by atoms with Crippen LogP contribution in [0.4, 0.5) is 4.39 Å². The van der Waals surface area contributed by atoms with Gasteiger partial charge in [-0.05, 0) is 30.7 Å². The summed E-state index contributed by atoms with van der Waals surface area (Å²) in [4.78, 5) is 26.0. The van der Waals surface area contributed by atoms with Crippen molar-refractivity contribution in [3.63, 3.8) is 0 Å². The fourth-order valence-corrected chi connectivity index (χ4v) is 1.95. The third-order valence-electron chi connectivity index (χ3n) is 3.07. The van der Waals surface area contributed by atoms with Gasteiger partial charge in [-0.15, -0.1) is 0 Å². The molecular weight excluding hydrogens is 275 g/mol. The molecule has 0 aliphatic carbocycles. The summed E-state index contributed by atoms with van der Waals surface area (Å²) < 4.78 is 13.7. The van der Waals surface area contributed by atoms with Crippen molar-refractivity contribution in [1.29, 1.82) is 0 Å². The predicted molar refractivity (Wildman–Crippen MR) is 77.6 cm³/mol. The third-order valence-corrected chi connectivity index (χ3v) is 3.07.